The van der Waals surface area contributed by atoms with E-state index in [1.54, 1.807) is 11.3 Å². The van der Waals surface area contributed by atoms with Gasteiger partial charge in [-0.3, -0.25) is 4.90 Å². The summed E-state index contributed by atoms with van der Waals surface area (Å²) in [6.07, 6.45) is 3.27. The molecule has 0 saturated heterocycles. The standard InChI is InChI=1S/C13H21N5S2/c1-4-9(8-19-3)18(2)7-11-15-12(17-14)10-5-6-20-13(10)16-11/h5-6,9H,4,7-8,14H2,1-3H3,(H,15,16,17). The summed E-state index contributed by atoms with van der Waals surface area (Å²) in [6.45, 7) is 2.95. The Labute approximate surface area is 127 Å². The summed E-state index contributed by atoms with van der Waals surface area (Å²) in [6, 6.07) is 2.53. The predicted molar refractivity (Wildman–Crippen MR) is 89.2 cm³/mol. The minimum Gasteiger partial charge on any atom is -0.308 e. The fourth-order valence-corrected chi connectivity index (χ4v) is 3.84. The van der Waals surface area contributed by atoms with Crippen molar-refractivity contribution in [3.05, 3.63) is 17.3 Å². The number of anilines is 1. The maximum absolute atomic E-state index is 5.56. The molecule has 0 bridgehead atoms. The molecule has 0 fully saturated rings. The Morgan fingerprint density at radius 3 is 2.95 bits per heavy atom. The molecule has 0 amide bonds. The molecule has 2 rings (SSSR count). The average molecular weight is 311 g/mol. The molecule has 1 atom stereocenters. The van der Waals surface area contributed by atoms with Crippen molar-refractivity contribution >= 4 is 39.1 Å². The SMILES string of the molecule is CCC(CSC)N(C)Cc1nc(NN)c2ccsc2n1. The first kappa shape index (κ1) is 15.5. The fourth-order valence-electron chi connectivity index (χ4n) is 2.18. The summed E-state index contributed by atoms with van der Waals surface area (Å²) < 4.78 is 0. The minimum atomic E-state index is 0.543. The maximum Gasteiger partial charge on any atom is 0.152 e. The van der Waals surface area contributed by atoms with Crippen LogP contribution in [0.25, 0.3) is 10.2 Å². The number of hydrogen-bond acceptors (Lipinski definition) is 7. The van der Waals surface area contributed by atoms with E-state index in [4.69, 9.17) is 5.84 Å². The third-order valence-corrected chi connectivity index (χ3v) is 4.88. The molecule has 110 valence electrons. The Bertz CT molecular complexity index is 557. The van der Waals surface area contributed by atoms with Crippen molar-refractivity contribution in [2.75, 3.05) is 24.5 Å². The smallest absolute Gasteiger partial charge is 0.152 e. The number of hydrogen-bond donors (Lipinski definition) is 2. The molecule has 0 radical (unpaired) electrons. The second-order valence-electron chi connectivity index (χ2n) is 4.70. The summed E-state index contributed by atoms with van der Waals surface area (Å²) in [5.41, 5.74) is 2.67. The van der Waals surface area contributed by atoms with Gasteiger partial charge in [-0.2, -0.15) is 11.8 Å². The molecule has 1 unspecified atom stereocenters. The highest BCUT2D eigenvalue weighted by Crippen LogP contribution is 2.25. The lowest BCUT2D eigenvalue weighted by Gasteiger charge is -2.25. The van der Waals surface area contributed by atoms with Gasteiger partial charge in [0, 0.05) is 11.8 Å². The Balaban J connectivity index is 2.20. The van der Waals surface area contributed by atoms with E-state index in [1.807, 2.05) is 23.2 Å². The first-order chi connectivity index (χ1) is 9.69. The maximum atomic E-state index is 5.56. The lowest BCUT2D eigenvalue weighted by molar-refractivity contribution is 0.242. The van der Waals surface area contributed by atoms with Crippen molar-refractivity contribution in [1.82, 2.24) is 14.9 Å². The van der Waals surface area contributed by atoms with E-state index >= 15 is 0 Å². The summed E-state index contributed by atoms with van der Waals surface area (Å²) in [7, 11) is 2.13. The lowest BCUT2D eigenvalue weighted by atomic mass is 10.2. The topological polar surface area (TPSA) is 67.1 Å². The Kier molecular flexibility index (Phi) is 5.59. The highest BCUT2D eigenvalue weighted by Gasteiger charge is 2.15. The summed E-state index contributed by atoms with van der Waals surface area (Å²) in [4.78, 5) is 12.4. The summed E-state index contributed by atoms with van der Waals surface area (Å²) >= 11 is 3.49. The number of nitrogens with two attached hydrogens (primary N) is 1. The van der Waals surface area contributed by atoms with Crippen LogP contribution in [0.5, 0.6) is 0 Å². The van der Waals surface area contributed by atoms with E-state index in [2.05, 4.69) is 40.5 Å². The van der Waals surface area contributed by atoms with Gasteiger partial charge >= 0.3 is 0 Å². The van der Waals surface area contributed by atoms with Crippen molar-refractivity contribution in [3.63, 3.8) is 0 Å². The van der Waals surface area contributed by atoms with Crippen LogP contribution in [0.1, 0.15) is 19.2 Å². The summed E-state index contributed by atoms with van der Waals surface area (Å²) in [5, 5.41) is 3.00. The largest absolute Gasteiger partial charge is 0.308 e. The van der Waals surface area contributed by atoms with Gasteiger partial charge < -0.3 is 5.43 Å². The van der Waals surface area contributed by atoms with Crippen LogP contribution in [0.2, 0.25) is 0 Å². The molecule has 0 aliphatic rings. The van der Waals surface area contributed by atoms with Gasteiger partial charge in [0.05, 0.1) is 11.9 Å². The van der Waals surface area contributed by atoms with Gasteiger partial charge in [0.2, 0.25) is 0 Å². The first-order valence-corrected chi connectivity index (χ1v) is 8.86. The molecule has 2 aromatic rings. The minimum absolute atomic E-state index is 0.543. The van der Waals surface area contributed by atoms with Gasteiger partial charge in [0.25, 0.3) is 0 Å². The van der Waals surface area contributed by atoms with Crippen molar-refractivity contribution in [2.24, 2.45) is 5.84 Å². The highest BCUT2D eigenvalue weighted by molar-refractivity contribution is 7.98. The zero-order valence-corrected chi connectivity index (χ0v) is 13.7. The highest BCUT2D eigenvalue weighted by atomic mass is 32.2. The van der Waals surface area contributed by atoms with Gasteiger partial charge in [-0.1, -0.05) is 6.92 Å². The zero-order chi connectivity index (χ0) is 14.5. The third-order valence-electron chi connectivity index (χ3n) is 3.35. The Morgan fingerprint density at radius 1 is 1.50 bits per heavy atom. The molecule has 0 aromatic carbocycles. The predicted octanol–water partition coefficient (Wildman–Crippen LogP) is 2.55. The van der Waals surface area contributed by atoms with E-state index in [0.717, 1.165) is 34.8 Å². The molecule has 0 aliphatic carbocycles. The van der Waals surface area contributed by atoms with Crippen molar-refractivity contribution < 1.29 is 0 Å². The van der Waals surface area contributed by atoms with Gasteiger partial charge in [-0.15, -0.1) is 11.3 Å². The van der Waals surface area contributed by atoms with E-state index in [9.17, 15) is 0 Å². The zero-order valence-electron chi connectivity index (χ0n) is 12.1. The quantitative estimate of drug-likeness (QED) is 0.605. The molecule has 20 heavy (non-hydrogen) atoms. The van der Waals surface area contributed by atoms with Gasteiger partial charge in [0.1, 0.15) is 10.7 Å². The molecule has 0 spiro atoms. The molecule has 0 saturated carbocycles. The van der Waals surface area contributed by atoms with Crippen LogP contribution in [0.4, 0.5) is 5.82 Å². The Morgan fingerprint density at radius 2 is 2.30 bits per heavy atom. The monoisotopic (exact) mass is 311 g/mol. The number of thiophene rings is 1. The van der Waals surface area contributed by atoms with Crippen LogP contribution in [0.15, 0.2) is 11.4 Å². The van der Waals surface area contributed by atoms with E-state index in [0.29, 0.717) is 11.9 Å². The van der Waals surface area contributed by atoms with E-state index in [-0.39, 0.29) is 0 Å². The van der Waals surface area contributed by atoms with E-state index in [1.165, 1.54) is 0 Å². The van der Waals surface area contributed by atoms with Crippen molar-refractivity contribution in [3.8, 4) is 0 Å². The van der Waals surface area contributed by atoms with Crippen LogP contribution >= 0.6 is 23.1 Å². The molecular formula is C13H21N5S2. The average Bonchev–Trinajstić information content (AvgIpc) is 2.91. The molecule has 7 heteroatoms. The van der Waals surface area contributed by atoms with Crippen LogP contribution < -0.4 is 11.3 Å². The van der Waals surface area contributed by atoms with E-state index < -0.39 is 0 Å². The second-order valence-corrected chi connectivity index (χ2v) is 6.51. The lowest BCUT2D eigenvalue weighted by Crippen LogP contribution is -2.33. The van der Waals surface area contributed by atoms with Crippen LogP contribution in [-0.4, -0.2) is 40.0 Å². The van der Waals surface area contributed by atoms with Crippen LogP contribution in [0.3, 0.4) is 0 Å². The molecule has 2 heterocycles. The normalized spacial score (nSPS) is 13.1. The number of nitrogen functional groups attached to an aromatic ring is 1. The van der Waals surface area contributed by atoms with Crippen LogP contribution in [-0.2, 0) is 6.54 Å². The summed E-state index contributed by atoms with van der Waals surface area (Å²) in [5.74, 6) is 8.20. The fraction of sp³-hybridized carbons (Fsp3) is 0.538. The van der Waals surface area contributed by atoms with Crippen LogP contribution in [0, 0.1) is 0 Å². The number of nitrogens with zero attached hydrogens (tertiary/aromatic N) is 3. The number of aromatic nitrogens is 2. The molecule has 2 aromatic heterocycles. The van der Waals surface area contributed by atoms with Gasteiger partial charge in [0.15, 0.2) is 5.82 Å². The van der Waals surface area contributed by atoms with Crippen molar-refractivity contribution in [2.45, 2.75) is 25.9 Å². The molecule has 3 N–H and O–H groups in total. The number of rotatable bonds is 7. The van der Waals surface area contributed by atoms with Gasteiger partial charge in [-0.25, -0.2) is 15.8 Å². The third kappa shape index (κ3) is 3.41. The van der Waals surface area contributed by atoms with Gasteiger partial charge in [-0.05, 0) is 31.2 Å². The number of nitrogens with one attached hydrogen (secondary N) is 1. The Hall–Kier alpha value is -0.890. The molecule has 0 aliphatic heterocycles. The number of fused-ring (bicyclic) bond motifs is 1. The van der Waals surface area contributed by atoms with Crippen molar-refractivity contribution in [1.29, 1.82) is 0 Å². The molecular weight excluding hydrogens is 290 g/mol. The first-order valence-electron chi connectivity index (χ1n) is 6.59. The number of hydrazine groups is 1. The second kappa shape index (κ2) is 7.21. The number of thioether (sulfide) groups is 1. The molecule has 5 nitrogen and oxygen atoms in total.